The fourth-order valence-corrected chi connectivity index (χ4v) is 1.88. The molecule has 3 heteroatoms. The Bertz CT molecular complexity index is 296. The molecule has 1 aromatic carbocycles. The molecule has 0 aliphatic carbocycles. The van der Waals surface area contributed by atoms with E-state index in [-0.39, 0.29) is 6.23 Å². The van der Waals surface area contributed by atoms with Gasteiger partial charge in [0.1, 0.15) is 6.23 Å². The fraction of sp³-hybridized carbons (Fsp3) is 0.538. The second kappa shape index (κ2) is 5.99. The number of benzene rings is 1. The summed E-state index contributed by atoms with van der Waals surface area (Å²) in [6.45, 7) is 6.74. The van der Waals surface area contributed by atoms with E-state index in [9.17, 15) is 0 Å². The fourth-order valence-electron chi connectivity index (χ4n) is 1.88. The monoisotopic (exact) mass is 219 g/mol. The summed E-state index contributed by atoms with van der Waals surface area (Å²) >= 11 is 0. The van der Waals surface area contributed by atoms with Crippen LogP contribution in [0.5, 0.6) is 0 Å². The Labute approximate surface area is 97.4 Å². The van der Waals surface area contributed by atoms with E-state index >= 15 is 0 Å². The molecule has 0 amide bonds. The molecule has 1 fully saturated rings. The highest BCUT2D eigenvalue weighted by molar-refractivity contribution is 5.13. The van der Waals surface area contributed by atoms with Crippen LogP contribution in [0.4, 0.5) is 0 Å². The summed E-state index contributed by atoms with van der Waals surface area (Å²) in [6, 6.07) is 10.3. The minimum atomic E-state index is 0.190. The maximum atomic E-state index is 5.85. The summed E-state index contributed by atoms with van der Waals surface area (Å²) in [6.07, 6.45) is 0.190. The van der Waals surface area contributed by atoms with Crippen molar-refractivity contribution >= 4 is 0 Å². The molecule has 1 radical (unpaired) electrons. The molecule has 1 aliphatic rings. The molecule has 1 unspecified atom stereocenters. The van der Waals surface area contributed by atoms with Gasteiger partial charge < -0.3 is 4.74 Å². The molecule has 16 heavy (non-hydrogen) atoms. The first-order valence-corrected chi connectivity index (χ1v) is 5.89. The molecular formula is C13H19N2O. The van der Waals surface area contributed by atoms with Crippen molar-refractivity contribution in [1.29, 1.82) is 0 Å². The van der Waals surface area contributed by atoms with Gasteiger partial charge in [-0.25, -0.2) is 5.32 Å². The van der Waals surface area contributed by atoms with Crippen LogP contribution < -0.4 is 5.32 Å². The second-order valence-electron chi connectivity index (χ2n) is 4.10. The third-order valence-corrected chi connectivity index (χ3v) is 2.94. The summed E-state index contributed by atoms with van der Waals surface area (Å²) in [5, 5.41) is 4.33. The first-order chi connectivity index (χ1) is 7.86. The van der Waals surface area contributed by atoms with Crippen LogP contribution in [0.3, 0.4) is 0 Å². The first-order valence-electron chi connectivity index (χ1n) is 5.89. The van der Waals surface area contributed by atoms with Crippen LogP contribution >= 0.6 is 0 Å². The van der Waals surface area contributed by atoms with Crippen LogP contribution in [0.15, 0.2) is 30.3 Å². The molecule has 87 valence electrons. The van der Waals surface area contributed by atoms with Gasteiger partial charge in [0.05, 0.1) is 6.61 Å². The van der Waals surface area contributed by atoms with Gasteiger partial charge in [0, 0.05) is 26.2 Å². The number of hydrogen-bond donors (Lipinski definition) is 0. The van der Waals surface area contributed by atoms with Gasteiger partial charge in [-0.2, -0.15) is 0 Å². The van der Waals surface area contributed by atoms with E-state index < -0.39 is 0 Å². The Hall–Kier alpha value is -0.900. The largest absolute Gasteiger partial charge is 0.359 e. The third-order valence-electron chi connectivity index (χ3n) is 2.94. The summed E-state index contributed by atoms with van der Waals surface area (Å²) in [5.41, 5.74) is 1.23. The Morgan fingerprint density at radius 3 is 2.62 bits per heavy atom. The summed E-state index contributed by atoms with van der Waals surface area (Å²) in [5.74, 6) is 0. The van der Waals surface area contributed by atoms with Crippen molar-refractivity contribution in [3.8, 4) is 0 Å². The van der Waals surface area contributed by atoms with Gasteiger partial charge in [-0.1, -0.05) is 30.3 Å². The zero-order chi connectivity index (χ0) is 11.2. The van der Waals surface area contributed by atoms with Gasteiger partial charge in [0.2, 0.25) is 0 Å². The van der Waals surface area contributed by atoms with Crippen LogP contribution in [0, 0.1) is 0 Å². The van der Waals surface area contributed by atoms with Crippen molar-refractivity contribution in [2.75, 3.05) is 26.2 Å². The van der Waals surface area contributed by atoms with Crippen molar-refractivity contribution in [3.63, 3.8) is 0 Å². The average molecular weight is 219 g/mol. The predicted octanol–water partition coefficient (Wildman–Crippen LogP) is 1.47. The van der Waals surface area contributed by atoms with Gasteiger partial charge in [-0.15, -0.1) is 0 Å². The quantitative estimate of drug-likeness (QED) is 0.766. The molecule has 3 nitrogen and oxygen atoms in total. The Morgan fingerprint density at radius 2 is 1.94 bits per heavy atom. The number of ether oxygens (including phenoxy) is 1. The normalized spacial score (nSPS) is 19.6. The van der Waals surface area contributed by atoms with Crippen molar-refractivity contribution in [1.82, 2.24) is 10.2 Å². The van der Waals surface area contributed by atoms with Gasteiger partial charge in [0.15, 0.2) is 0 Å². The lowest BCUT2D eigenvalue weighted by atomic mass is 10.2. The van der Waals surface area contributed by atoms with Gasteiger partial charge in [-0.3, -0.25) is 4.90 Å². The van der Waals surface area contributed by atoms with Crippen LogP contribution in [0.25, 0.3) is 0 Å². The van der Waals surface area contributed by atoms with Gasteiger partial charge in [-0.05, 0) is 12.5 Å². The smallest absolute Gasteiger partial charge is 0.108 e. The lowest BCUT2D eigenvalue weighted by Crippen LogP contribution is -2.45. The molecule has 0 spiro atoms. The van der Waals surface area contributed by atoms with Crippen molar-refractivity contribution in [2.45, 2.75) is 19.8 Å². The van der Waals surface area contributed by atoms with Crippen molar-refractivity contribution < 1.29 is 4.74 Å². The predicted molar refractivity (Wildman–Crippen MR) is 64.1 cm³/mol. The molecule has 0 saturated carbocycles. The molecule has 1 aliphatic heterocycles. The third kappa shape index (κ3) is 3.30. The van der Waals surface area contributed by atoms with Crippen LogP contribution in [-0.2, 0) is 11.3 Å². The molecule has 1 aromatic rings. The maximum absolute atomic E-state index is 5.85. The lowest BCUT2D eigenvalue weighted by Gasteiger charge is -2.31. The minimum absolute atomic E-state index is 0.190. The average Bonchev–Trinajstić information content (AvgIpc) is 2.38. The number of hydrogen-bond acceptors (Lipinski definition) is 2. The number of nitrogens with zero attached hydrogens (tertiary/aromatic N) is 2. The summed E-state index contributed by atoms with van der Waals surface area (Å²) in [4.78, 5) is 2.34. The highest BCUT2D eigenvalue weighted by Gasteiger charge is 2.16. The van der Waals surface area contributed by atoms with E-state index in [1.165, 1.54) is 5.56 Å². The Balaban J connectivity index is 1.76. The van der Waals surface area contributed by atoms with Crippen LogP contribution in [0.2, 0.25) is 0 Å². The lowest BCUT2D eigenvalue weighted by molar-refractivity contribution is -0.0610. The van der Waals surface area contributed by atoms with Gasteiger partial charge in [0.25, 0.3) is 0 Å². The molecular weight excluding hydrogens is 200 g/mol. The highest BCUT2D eigenvalue weighted by Crippen LogP contribution is 2.07. The van der Waals surface area contributed by atoms with E-state index in [0.29, 0.717) is 6.61 Å². The number of rotatable bonds is 4. The van der Waals surface area contributed by atoms with Crippen LogP contribution in [-0.4, -0.2) is 37.3 Å². The first kappa shape index (κ1) is 11.6. The zero-order valence-electron chi connectivity index (χ0n) is 9.80. The molecule has 0 N–H and O–H groups in total. The van der Waals surface area contributed by atoms with E-state index in [0.717, 1.165) is 26.2 Å². The van der Waals surface area contributed by atoms with E-state index in [4.69, 9.17) is 4.74 Å². The van der Waals surface area contributed by atoms with Gasteiger partial charge >= 0.3 is 0 Å². The molecule has 1 saturated heterocycles. The van der Waals surface area contributed by atoms with E-state index in [1.54, 1.807) is 0 Å². The molecule has 1 atom stereocenters. The molecule has 0 bridgehead atoms. The van der Waals surface area contributed by atoms with Crippen molar-refractivity contribution in [2.24, 2.45) is 0 Å². The summed E-state index contributed by atoms with van der Waals surface area (Å²) in [7, 11) is 0. The van der Waals surface area contributed by atoms with Crippen LogP contribution in [0.1, 0.15) is 12.5 Å². The molecule has 1 heterocycles. The highest BCUT2D eigenvalue weighted by atomic mass is 16.5. The van der Waals surface area contributed by atoms with E-state index in [1.807, 2.05) is 18.2 Å². The molecule has 2 rings (SSSR count). The standard InChI is InChI=1S/C13H19N2O/c1-12(15-9-7-14-8-10-15)16-11-13-5-3-2-4-6-13/h2-6,12H,7-11H2,1H3. The second-order valence-corrected chi connectivity index (χ2v) is 4.10. The topological polar surface area (TPSA) is 26.6 Å². The minimum Gasteiger partial charge on any atom is -0.359 e. The zero-order valence-corrected chi connectivity index (χ0v) is 9.80. The van der Waals surface area contributed by atoms with Crippen molar-refractivity contribution in [3.05, 3.63) is 35.9 Å². The SMILES string of the molecule is CC(OCc1ccccc1)N1CC[N]CC1. The maximum Gasteiger partial charge on any atom is 0.108 e. The molecule has 0 aromatic heterocycles. The number of piperazine rings is 1. The summed E-state index contributed by atoms with van der Waals surface area (Å²) < 4.78 is 5.85. The van der Waals surface area contributed by atoms with E-state index in [2.05, 4.69) is 29.3 Å². The Kier molecular flexibility index (Phi) is 4.34. The Morgan fingerprint density at radius 1 is 1.25 bits per heavy atom.